The van der Waals surface area contributed by atoms with Gasteiger partial charge in [-0.1, -0.05) is 0 Å². The lowest BCUT2D eigenvalue weighted by Gasteiger charge is -2.32. The molecule has 102 valence electrons. The van der Waals surface area contributed by atoms with Crippen molar-refractivity contribution >= 4 is 0 Å². The Labute approximate surface area is 103 Å². The van der Waals surface area contributed by atoms with Gasteiger partial charge >= 0.3 is 6.18 Å². The molecule has 0 saturated carbocycles. The van der Waals surface area contributed by atoms with Crippen LogP contribution in [0.3, 0.4) is 0 Å². The molecule has 0 bridgehead atoms. The molecule has 1 atom stereocenters. The van der Waals surface area contributed by atoms with E-state index in [-0.39, 0.29) is 12.0 Å². The van der Waals surface area contributed by atoms with Crippen LogP contribution in [-0.4, -0.2) is 33.6 Å². The van der Waals surface area contributed by atoms with Crippen molar-refractivity contribution in [2.75, 3.05) is 13.1 Å². The van der Waals surface area contributed by atoms with Gasteiger partial charge in [0.25, 0.3) is 0 Å². The number of aliphatic hydroxyl groups is 1. The van der Waals surface area contributed by atoms with E-state index in [1.165, 1.54) is 13.2 Å². The summed E-state index contributed by atoms with van der Waals surface area (Å²) in [5.74, 6) is 0. The van der Waals surface area contributed by atoms with E-state index in [2.05, 4.69) is 10.4 Å². The molecular formula is C11H16F3N3O. The number of halogens is 3. The zero-order valence-corrected chi connectivity index (χ0v) is 10.1. The fraction of sp³-hybridized carbons (Fsp3) is 0.727. The molecule has 1 aliphatic heterocycles. The van der Waals surface area contributed by atoms with E-state index in [0.717, 1.165) is 17.6 Å². The Morgan fingerprint density at radius 2 is 2.28 bits per heavy atom. The summed E-state index contributed by atoms with van der Waals surface area (Å²) in [5, 5.41) is 16.7. The lowest BCUT2D eigenvalue weighted by molar-refractivity contribution is -0.142. The van der Waals surface area contributed by atoms with E-state index in [1.807, 2.05) is 0 Å². The molecule has 1 aromatic rings. The van der Waals surface area contributed by atoms with Crippen molar-refractivity contribution in [3.63, 3.8) is 0 Å². The molecule has 7 heteroatoms. The number of aromatic nitrogens is 2. The van der Waals surface area contributed by atoms with Crippen molar-refractivity contribution < 1.29 is 18.3 Å². The number of hydrogen-bond acceptors (Lipinski definition) is 3. The molecular weight excluding hydrogens is 247 g/mol. The van der Waals surface area contributed by atoms with Crippen LogP contribution in [0.2, 0.25) is 0 Å². The number of piperidine rings is 1. The summed E-state index contributed by atoms with van der Waals surface area (Å²) in [5.41, 5.74) is -1.96. The summed E-state index contributed by atoms with van der Waals surface area (Å²) in [6, 6.07) is 0. The maximum Gasteiger partial charge on any atom is 0.435 e. The molecule has 2 rings (SSSR count). The highest BCUT2D eigenvalue weighted by Gasteiger charge is 2.39. The molecule has 0 spiro atoms. The first-order valence-corrected chi connectivity index (χ1v) is 5.83. The smallest absolute Gasteiger partial charge is 0.388 e. The minimum Gasteiger partial charge on any atom is -0.388 e. The summed E-state index contributed by atoms with van der Waals surface area (Å²) in [7, 11) is 1.45. The third kappa shape index (κ3) is 2.84. The highest BCUT2D eigenvalue weighted by molar-refractivity contribution is 5.22. The monoisotopic (exact) mass is 263 g/mol. The van der Waals surface area contributed by atoms with Crippen molar-refractivity contribution in [2.45, 2.75) is 31.0 Å². The van der Waals surface area contributed by atoms with E-state index in [4.69, 9.17) is 0 Å². The highest BCUT2D eigenvalue weighted by Crippen LogP contribution is 2.33. The molecule has 0 aliphatic carbocycles. The fourth-order valence-corrected chi connectivity index (χ4v) is 2.36. The Morgan fingerprint density at radius 3 is 2.83 bits per heavy atom. The molecule has 0 aromatic carbocycles. The molecule has 2 heterocycles. The molecule has 0 amide bonds. The summed E-state index contributed by atoms with van der Waals surface area (Å²) in [6.07, 6.45) is -1.91. The first kappa shape index (κ1) is 13.4. The lowest BCUT2D eigenvalue weighted by Crippen LogP contribution is -2.47. The highest BCUT2D eigenvalue weighted by atomic mass is 19.4. The van der Waals surface area contributed by atoms with Crippen molar-refractivity contribution in [3.05, 3.63) is 17.5 Å². The largest absolute Gasteiger partial charge is 0.435 e. The second-order valence-corrected chi connectivity index (χ2v) is 4.86. The summed E-state index contributed by atoms with van der Waals surface area (Å²) in [4.78, 5) is 0. The minimum absolute atomic E-state index is 0.0251. The third-order valence-electron chi connectivity index (χ3n) is 3.14. The Kier molecular flexibility index (Phi) is 3.37. The minimum atomic E-state index is -4.48. The van der Waals surface area contributed by atoms with Gasteiger partial charge in [0.05, 0.1) is 5.60 Å². The van der Waals surface area contributed by atoms with Crippen LogP contribution in [0, 0.1) is 0 Å². The van der Waals surface area contributed by atoms with E-state index in [1.54, 1.807) is 0 Å². The van der Waals surface area contributed by atoms with Gasteiger partial charge in [-0.3, -0.25) is 4.68 Å². The van der Waals surface area contributed by atoms with E-state index < -0.39 is 17.5 Å². The van der Waals surface area contributed by atoms with Crippen LogP contribution in [0.1, 0.15) is 24.1 Å². The second kappa shape index (κ2) is 4.55. The van der Waals surface area contributed by atoms with Crippen LogP contribution in [0.4, 0.5) is 13.2 Å². The third-order valence-corrected chi connectivity index (χ3v) is 3.14. The van der Waals surface area contributed by atoms with Crippen LogP contribution >= 0.6 is 0 Å². The van der Waals surface area contributed by atoms with Gasteiger partial charge < -0.3 is 10.4 Å². The Hall–Kier alpha value is -1.08. The molecule has 1 aromatic heterocycles. The zero-order chi connectivity index (χ0) is 13.4. The topological polar surface area (TPSA) is 50.1 Å². The van der Waals surface area contributed by atoms with Gasteiger partial charge in [0.15, 0.2) is 5.69 Å². The molecule has 2 N–H and O–H groups in total. The first-order chi connectivity index (χ1) is 8.30. The SMILES string of the molecule is Cn1cc(CC2(O)CCCNC2)c(C(F)(F)F)n1. The van der Waals surface area contributed by atoms with Crippen LogP contribution in [0.25, 0.3) is 0 Å². The van der Waals surface area contributed by atoms with Gasteiger partial charge in [-0.2, -0.15) is 18.3 Å². The predicted molar refractivity (Wildman–Crippen MR) is 59.0 cm³/mol. The zero-order valence-electron chi connectivity index (χ0n) is 10.1. The van der Waals surface area contributed by atoms with Gasteiger partial charge in [0, 0.05) is 31.8 Å². The first-order valence-electron chi connectivity index (χ1n) is 5.83. The van der Waals surface area contributed by atoms with E-state index in [9.17, 15) is 18.3 Å². The predicted octanol–water partition coefficient (Wildman–Crippen LogP) is 1.10. The number of hydrogen-bond donors (Lipinski definition) is 2. The Bertz CT molecular complexity index is 422. The Balaban J connectivity index is 2.23. The molecule has 4 nitrogen and oxygen atoms in total. The maximum absolute atomic E-state index is 12.8. The number of rotatable bonds is 2. The van der Waals surface area contributed by atoms with Gasteiger partial charge in [-0.05, 0) is 19.4 Å². The summed E-state index contributed by atoms with van der Waals surface area (Å²) < 4.78 is 39.4. The van der Waals surface area contributed by atoms with Gasteiger partial charge in [-0.25, -0.2) is 0 Å². The van der Waals surface area contributed by atoms with Crippen LogP contribution in [0.5, 0.6) is 0 Å². The van der Waals surface area contributed by atoms with Gasteiger partial charge in [-0.15, -0.1) is 0 Å². The van der Waals surface area contributed by atoms with Gasteiger partial charge in [0.1, 0.15) is 0 Å². The van der Waals surface area contributed by atoms with E-state index >= 15 is 0 Å². The lowest BCUT2D eigenvalue weighted by atomic mass is 9.87. The second-order valence-electron chi connectivity index (χ2n) is 4.86. The number of nitrogens with zero attached hydrogens (tertiary/aromatic N) is 2. The van der Waals surface area contributed by atoms with Crippen molar-refractivity contribution in [1.29, 1.82) is 0 Å². The maximum atomic E-state index is 12.8. The molecule has 0 radical (unpaired) electrons. The number of aryl methyl sites for hydroxylation is 1. The van der Waals surface area contributed by atoms with Crippen molar-refractivity contribution in [3.8, 4) is 0 Å². The number of alkyl halides is 3. The number of nitrogens with one attached hydrogen (secondary N) is 1. The number of β-amino-alcohol motifs (C(OH)–C–C–N with tert-alkyl or cyclic N) is 1. The average molecular weight is 263 g/mol. The molecule has 1 saturated heterocycles. The fourth-order valence-electron chi connectivity index (χ4n) is 2.36. The summed E-state index contributed by atoms with van der Waals surface area (Å²) in [6.45, 7) is 1.11. The average Bonchev–Trinajstić information content (AvgIpc) is 2.59. The standard InChI is InChI=1S/C11H16F3N3O/c1-17-6-8(9(16-17)11(12,13)14)5-10(18)3-2-4-15-7-10/h6,15,18H,2-5,7H2,1H3. The normalized spacial score (nSPS) is 25.4. The quantitative estimate of drug-likeness (QED) is 0.840. The van der Waals surface area contributed by atoms with Crippen LogP contribution < -0.4 is 5.32 Å². The Morgan fingerprint density at radius 1 is 1.56 bits per heavy atom. The van der Waals surface area contributed by atoms with Crippen molar-refractivity contribution in [1.82, 2.24) is 15.1 Å². The van der Waals surface area contributed by atoms with Gasteiger partial charge in [0.2, 0.25) is 0 Å². The van der Waals surface area contributed by atoms with Crippen LogP contribution in [0.15, 0.2) is 6.20 Å². The summed E-state index contributed by atoms with van der Waals surface area (Å²) >= 11 is 0. The van der Waals surface area contributed by atoms with E-state index in [0.29, 0.717) is 13.0 Å². The van der Waals surface area contributed by atoms with Crippen LogP contribution in [-0.2, 0) is 19.6 Å². The van der Waals surface area contributed by atoms with Crippen molar-refractivity contribution in [2.24, 2.45) is 7.05 Å². The molecule has 1 fully saturated rings. The molecule has 1 aliphatic rings. The molecule has 1 unspecified atom stereocenters. The molecule has 18 heavy (non-hydrogen) atoms.